The molecule has 0 saturated carbocycles. The Morgan fingerprint density at radius 1 is 1.21 bits per heavy atom. The SMILES string of the molecule is OB1CC(Cc2ccc(Cl)cc2)c2cc(F)ccc21. The molecule has 1 unspecified atom stereocenters. The number of hydrogen-bond acceptors (Lipinski definition) is 1. The van der Waals surface area contributed by atoms with E-state index < -0.39 is 6.92 Å². The highest BCUT2D eigenvalue weighted by atomic mass is 35.5. The molecule has 0 aliphatic carbocycles. The van der Waals surface area contributed by atoms with E-state index in [0.29, 0.717) is 11.3 Å². The lowest BCUT2D eigenvalue weighted by atomic mass is 9.62. The Labute approximate surface area is 117 Å². The largest absolute Gasteiger partial charge is 0.446 e. The first-order valence-electron chi connectivity index (χ1n) is 6.35. The second-order valence-electron chi connectivity index (χ2n) is 5.05. The van der Waals surface area contributed by atoms with Crippen molar-refractivity contribution in [3.05, 3.63) is 64.4 Å². The van der Waals surface area contributed by atoms with Crippen LogP contribution in [0.15, 0.2) is 42.5 Å². The van der Waals surface area contributed by atoms with Gasteiger partial charge in [0.2, 0.25) is 0 Å². The molecule has 2 aromatic rings. The molecule has 0 saturated heterocycles. The van der Waals surface area contributed by atoms with Gasteiger partial charge in [-0.15, -0.1) is 0 Å². The molecule has 3 rings (SSSR count). The molecule has 0 fully saturated rings. The van der Waals surface area contributed by atoms with Crippen molar-refractivity contribution in [2.24, 2.45) is 0 Å². The summed E-state index contributed by atoms with van der Waals surface area (Å²) in [6, 6.07) is 12.3. The van der Waals surface area contributed by atoms with E-state index in [-0.39, 0.29) is 11.7 Å². The molecule has 0 radical (unpaired) electrons. The van der Waals surface area contributed by atoms with Gasteiger partial charge in [-0.1, -0.05) is 29.8 Å². The van der Waals surface area contributed by atoms with Gasteiger partial charge in [-0.05, 0) is 59.5 Å². The van der Waals surface area contributed by atoms with Gasteiger partial charge < -0.3 is 5.02 Å². The van der Waals surface area contributed by atoms with Gasteiger partial charge in [0.05, 0.1) is 0 Å². The van der Waals surface area contributed by atoms with Crippen LogP contribution < -0.4 is 5.46 Å². The fourth-order valence-corrected chi connectivity index (χ4v) is 2.95. The molecule has 0 aromatic heterocycles. The number of hydrogen-bond donors (Lipinski definition) is 1. The normalized spacial score (nSPS) is 17.6. The Kier molecular flexibility index (Phi) is 3.34. The predicted molar refractivity (Wildman–Crippen MR) is 76.7 cm³/mol. The Morgan fingerprint density at radius 3 is 2.68 bits per heavy atom. The molecule has 1 atom stereocenters. The summed E-state index contributed by atoms with van der Waals surface area (Å²) in [5, 5.41) is 10.7. The summed E-state index contributed by atoms with van der Waals surface area (Å²) in [5.74, 6) is -0.0733. The second kappa shape index (κ2) is 4.99. The van der Waals surface area contributed by atoms with Crippen LogP contribution in [0, 0.1) is 5.82 Å². The Bertz CT molecular complexity index is 600. The third-order valence-corrected chi connectivity index (χ3v) is 4.00. The minimum Gasteiger partial charge on any atom is -0.446 e. The van der Waals surface area contributed by atoms with Gasteiger partial charge in [-0.3, -0.25) is 0 Å². The zero-order valence-electron chi connectivity index (χ0n) is 10.3. The van der Waals surface area contributed by atoms with Crippen LogP contribution in [0.4, 0.5) is 4.39 Å². The number of benzene rings is 2. The lowest BCUT2D eigenvalue weighted by molar-refractivity contribution is 0.578. The van der Waals surface area contributed by atoms with E-state index >= 15 is 0 Å². The molecule has 1 nitrogen and oxygen atoms in total. The zero-order chi connectivity index (χ0) is 13.4. The van der Waals surface area contributed by atoms with Crippen molar-refractivity contribution in [3.63, 3.8) is 0 Å². The van der Waals surface area contributed by atoms with Crippen LogP contribution in [-0.2, 0) is 6.42 Å². The van der Waals surface area contributed by atoms with Gasteiger partial charge in [0.1, 0.15) is 5.82 Å². The predicted octanol–water partition coefficient (Wildman–Crippen LogP) is 3.01. The fourth-order valence-electron chi connectivity index (χ4n) is 2.82. The average molecular weight is 275 g/mol. The maximum atomic E-state index is 13.4. The highest BCUT2D eigenvalue weighted by Gasteiger charge is 2.33. The van der Waals surface area contributed by atoms with Crippen molar-refractivity contribution in [2.45, 2.75) is 18.7 Å². The van der Waals surface area contributed by atoms with Crippen LogP contribution in [0.3, 0.4) is 0 Å². The minimum absolute atomic E-state index is 0.168. The van der Waals surface area contributed by atoms with Crippen LogP contribution in [0.1, 0.15) is 17.0 Å². The molecule has 0 amide bonds. The summed E-state index contributed by atoms with van der Waals surface area (Å²) in [4.78, 5) is 0. The summed E-state index contributed by atoms with van der Waals surface area (Å²) in [7, 11) is 0. The summed E-state index contributed by atoms with van der Waals surface area (Å²) in [5.41, 5.74) is 2.95. The Balaban J connectivity index is 1.88. The fraction of sp³-hybridized carbons (Fsp3) is 0.200. The van der Waals surface area contributed by atoms with Crippen molar-refractivity contribution in [1.82, 2.24) is 0 Å². The molecule has 1 aliphatic rings. The molecule has 0 bridgehead atoms. The number of rotatable bonds is 2. The van der Waals surface area contributed by atoms with Crippen LogP contribution in [0.5, 0.6) is 0 Å². The monoisotopic (exact) mass is 274 g/mol. The van der Waals surface area contributed by atoms with Gasteiger partial charge in [-0.25, -0.2) is 4.39 Å². The van der Waals surface area contributed by atoms with Crippen LogP contribution in [-0.4, -0.2) is 11.9 Å². The minimum atomic E-state index is -0.479. The number of halogens is 2. The highest BCUT2D eigenvalue weighted by molar-refractivity contribution is 6.68. The summed E-state index contributed by atoms with van der Waals surface area (Å²) in [6.07, 6.45) is 1.45. The quantitative estimate of drug-likeness (QED) is 0.835. The van der Waals surface area contributed by atoms with E-state index in [1.165, 1.54) is 6.07 Å². The molecule has 96 valence electrons. The average Bonchev–Trinajstić information content (AvgIpc) is 2.69. The second-order valence-corrected chi connectivity index (χ2v) is 5.49. The molecule has 1 heterocycles. The van der Waals surface area contributed by atoms with Gasteiger partial charge >= 0.3 is 6.92 Å². The smallest absolute Gasteiger partial charge is 0.324 e. The van der Waals surface area contributed by atoms with Gasteiger partial charge in [0, 0.05) is 5.02 Å². The van der Waals surface area contributed by atoms with Crippen LogP contribution in [0.2, 0.25) is 11.3 Å². The van der Waals surface area contributed by atoms with E-state index in [0.717, 1.165) is 23.0 Å². The summed E-state index contributed by atoms with van der Waals surface area (Å²) < 4.78 is 13.4. The van der Waals surface area contributed by atoms with Crippen molar-refractivity contribution in [3.8, 4) is 0 Å². The van der Waals surface area contributed by atoms with E-state index in [4.69, 9.17) is 11.6 Å². The first-order chi connectivity index (χ1) is 9.13. The zero-order valence-corrected chi connectivity index (χ0v) is 11.1. The molecular weight excluding hydrogens is 261 g/mol. The molecule has 1 N–H and O–H groups in total. The van der Waals surface area contributed by atoms with Crippen LogP contribution >= 0.6 is 11.6 Å². The molecule has 0 spiro atoms. The third-order valence-electron chi connectivity index (χ3n) is 3.75. The van der Waals surface area contributed by atoms with Crippen molar-refractivity contribution >= 4 is 24.0 Å². The molecule has 4 heteroatoms. The van der Waals surface area contributed by atoms with E-state index in [9.17, 15) is 9.41 Å². The Hall–Kier alpha value is -1.32. The van der Waals surface area contributed by atoms with E-state index in [1.54, 1.807) is 12.1 Å². The lowest BCUT2D eigenvalue weighted by Gasteiger charge is -2.12. The van der Waals surface area contributed by atoms with Gasteiger partial charge in [0.25, 0.3) is 0 Å². The Morgan fingerprint density at radius 2 is 1.95 bits per heavy atom. The molecular formula is C15H13BClFO. The third kappa shape index (κ3) is 2.53. The first kappa shape index (κ1) is 12.7. The van der Waals surface area contributed by atoms with Crippen molar-refractivity contribution in [1.29, 1.82) is 0 Å². The molecule has 1 aliphatic heterocycles. The number of fused-ring (bicyclic) bond motifs is 1. The highest BCUT2D eigenvalue weighted by Crippen LogP contribution is 2.31. The van der Waals surface area contributed by atoms with E-state index in [2.05, 4.69) is 0 Å². The van der Waals surface area contributed by atoms with Gasteiger partial charge in [0.15, 0.2) is 0 Å². The maximum Gasteiger partial charge on any atom is 0.324 e. The summed E-state index contributed by atoms with van der Waals surface area (Å²) in [6.45, 7) is -0.479. The van der Waals surface area contributed by atoms with Gasteiger partial charge in [-0.2, -0.15) is 0 Å². The van der Waals surface area contributed by atoms with E-state index in [1.807, 2.05) is 24.3 Å². The van der Waals surface area contributed by atoms with Crippen molar-refractivity contribution < 1.29 is 9.41 Å². The summed E-state index contributed by atoms with van der Waals surface area (Å²) >= 11 is 5.86. The molecule has 2 aromatic carbocycles. The van der Waals surface area contributed by atoms with Crippen LogP contribution in [0.25, 0.3) is 0 Å². The topological polar surface area (TPSA) is 20.2 Å². The first-order valence-corrected chi connectivity index (χ1v) is 6.73. The maximum absolute atomic E-state index is 13.4. The van der Waals surface area contributed by atoms with Crippen molar-refractivity contribution in [2.75, 3.05) is 0 Å². The standard InChI is InChI=1S/C15H13BClFO/c17-12-3-1-10(2-4-12)7-11-9-16(19)15-6-5-13(18)8-14(11)15/h1-6,8,11,19H,7,9H2. The lowest BCUT2D eigenvalue weighted by Crippen LogP contribution is -2.25. The molecule has 19 heavy (non-hydrogen) atoms.